The highest BCUT2D eigenvalue weighted by Crippen LogP contribution is 2.34. The van der Waals surface area contributed by atoms with Crippen molar-refractivity contribution in [3.05, 3.63) is 36.8 Å². The number of hydrogen-bond acceptors (Lipinski definition) is 6. The second-order valence-electron chi connectivity index (χ2n) is 8.43. The Kier molecular flexibility index (Phi) is 5.05. The lowest BCUT2D eigenvalue weighted by Gasteiger charge is -2.38. The lowest BCUT2D eigenvalue weighted by Crippen LogP contribution is -2.55. The van der Waals surface area contributed by atoms with E-state index in [4.69, 9.17) is 8.85 Å². The van der Waals surface area contributed by atoms with Crippen molar-refractivity contribution in [3.8, 4) is 17.0 Å². The summed E-state index contributed by atoms with van der Waals surface area (Å²) in [5.41, 5.74) is 2.75. The van der Waals surface area contributed by atoms with Gasteiger partial charge < -0.3 is 19.5 Å². The van der Waals surface area contributed by atoms with Crippen LogP contribution in [0, 0.1) is 0 Å². The van der Waals surface area contributed by atoms with Crippen LogP contribution >= 0.6 is 0 Å². The molecule has 36 heavy (non-hydrogen) atoms. The average molecular weight is 508 g/mol. The Hall–Kier alpha value is -3.90. The number of methoxy groups -OCH3 is 1. The van der Waals surface area contributed by atoms with Gasteiger partial charge in [-0.2, -0.15) is 4.98 Å². The van der Waals surface area contributed by atoms with Gasteiger partial charge in [0.2, 0.25) is 17.7 Å². The molecule has 0 bridgehead atoms. The van der Waals surface area contributed by atoms with Crippen molar-refractivity contribution < 1.29 is 31.2 Å². The number of hydrogen-bond donors (Lipinski definition) is 1. The van der Waals surface area contributed by atoms with Gasteiger partial charge in [-0.15, -0.1) is 5.10 Å². The lowest BCUT2D eigenvalue weighted by molar-refractivity contribution is -0.140. The van der Waals surface area contributed by atoms with Gasteiger partial charge in [0.1, 0.15) is 5.52 Å². The van der Waals surface area contributed by atoms with Crippen LogP contribution in [0.25, 0.3) is 27.7 Å². The van der Waals surface area contributed by atoms with E-state index in [0.29, 0.717) is 32.6 Å². The molecule has 1 aliphatic rings. The predicted molar refractivity (Wildman–Crippen MR) is 123 cm³/mol. The number of amides is 1. The number of imidazole rings is 1. The lowest BCUT2D eigenvalue weighted by atomic mass is 10.0. The molecule has 1 aliphatic heterocycles. The summed E-state index contributed by atoms with van der Waals surface area (Å²) in [6.45, 7) is -4.75. The maximum absolute atomic E-state index is 14.9. The van der Waals surface area contributed by atoms with E-state index in [1.807, 2.05) is 0 Å². The van der Waals surface area contributed by atoms with Crippen molar-refractivity contribution in [3.63, 3.8) is 0 Å². The maximum Gasteiger partial charge on any atom is 0.285 e. The van der Waals surface area contributed by atoms with E-state index >= 15 is 0 Å². The van der Waals surface area contributed by atoms with Gasteiger partial charge in [0, 0.05) is 29.3 Å². The zero-order valence-electron chi connectivity index (χ0n) is 22.0. The Morgan fingerprint density at radius 1 is 1.36 bits per heavy atom. The number of halogens is 4. The molecule has 1 atom stereocenters. The van der Waals surface area contributed by atoms with Crippen LogP contribution in [-0.4, -0.2) is 73.5 Å². The fourth-order valence-electron chi connectivity index (χ4n) is 4.39. The van der Waals surface area contributed by atoms with Gasteiger partial charge in [0.05, 0.1) is 43.6 Å². The summed E-state index contributed by atoms with van der Waals surface area (Å²) in [5, 5.41) is 6.88. The fourth-order valence-corrected chi connectivity index (χ4v) is 4.39. The molecule has 0 saturated carbocycles. The largest absolute Gasteiger partial charge is 0.479 e. The van der Waals surface area contributed by atoms with Gasteiger partial charge in [-0.3, -0.25) is 4.79 Å². The third-order valence-electron chi connectivity index (χ3n) is 6.13. The van der Waals surface area contributed by atoms with Gasteiger partial charge >= 0.3 is 0 Å². The number of likely N-dealkylation sites (tertiary alicyclic amines) is 1. The van der Waals surface area contributed by atoms with Crippen molar-refractivity contribution in [2.24, 2.45) is 0 Å². The number of carbonyl (C=O) groups is 1. The minimum absolute atomic E-state index is 0.0759. The normalized spacial score (nSPS) is 19.3. The first-order valence-electron chi connectivity index (χ1n) is 12.5. The number of benzene rings is 1. The van der Waals surface area contributed by atoms with E-state index in [0.717, 1.165) is 0 Å². The third kappa shape index (κ3) is 4.29. The van der Waals surface area contributed by atoms with Gasteiger partial charge in [0.15, 0.2) is 0 Å². The van der Waals surface area contributed by atoms with Crippen LogP contribution in [0.4, 0.5) is 23.5 Å². The summed E-state index contributed by atoms with van der Waals surface area (Å²) in [5.74, 6) is -4.86. The minimum atomic E-state index is -3.46. The van der Waals surface area contributed by atoms with Crippen LogP contribution < -0.4 is 10.1 Å². The van der Waals surface area contributed by atoms with Gasteiger partial charge in [0.25, 0.3) is 12.3 Å². The Morgan fingerprint density at radius 3 is 2.92 bits per heavy atom. The summed E-state index contributed by atoms with van der Waals surface area (Å²) in [4.78, 5) is 21.0. The molecule has 190 valence electrons. The monoisotopic (exact) mass is 508 g/mol. The number of aromatic nitrogens is 5. The van der Waals surface area contributed by atoms with E-state index in [2.05, 4.69) is 20.4 Å². The molecule has 4 aromatic rings. The number of nitrogens with one attached hydrogen (secondary N) is 1. The van der Waals surface area contributed by atoms with Crippen LogP contribution in [0.2, 0.25) is 0 Å². The molecule has 9 nitrogen and oxygen atoms in total. The first-order chi connectivity index (χ1) is 18.4. The van der Waals surface area contributed by atoms with E-state index in [1.165, 1.54) is 22.5 Å². The topological polar surface area (TPSA) is 89.6 Å². The SMILES string of the molecule is [2H]C([2H])([2H])C(=O)N1CC[C@@H](Nc2nc(OC)c3c(-c4ccc5ncn(CC(F)F)c5c4)ccn3n2)C(F)(F)C1. The van der Waals surface area contributed by atoms with Crippen molar-refractivity contribution in [2.45, 2.75) is 38.2 Å². The number of nitrogens with zero attached hydrogens (tertiary/aromatic N) is 6. The molecule has 13 heteroatoms. The van der Waals surface area contributed by atoms with E-state index in [1.54, 1.807) is 30.5 Å². The molecule has 1 saturated heterocycles. The number of ether oxygens (including phenoxy) is 1. The highest BCUT2D eigenvalue weighted by molar-refractivity contribution is 5.89. The summed E-state index contributed by atoms with van der Waals surface area (Å²) in [6, 6.07) is 5.41. The van der Waals surface area contributed by atoms with Crippen LogP contribution in [-0.2, 0) is 11.3 Å². The molecule has 0 unspecified atom stereocenters. The molecule has 5 rings (SSSR count). The van der Waals surface area contributed by atoms with Crippen LogP contribution in [0.15, 0.2) is 36.8 Å². The zero-order chi connectivity index (χ0) is 28.1. The molecule has 0 aliphatic carbocycles. The van der Waals surface area contributed by atoms with Crippen molar-refractivity contribution in [2.75, 3.05) is 25.5 Å². The average Bonchev–Trinajstić information content (AvgIpc) is 3.47. The molecular weight excluding hydrogens is 482 g/mol. The first kappa shape index (κ1) is 20.3. The summed E-state index contributed by atoms with van der Waals surface area (Å²) in [6.07, 6.45) is 0.139. The molecule has 1 N–H and O–H groups in total. The Balaban J connectivity index is 1.43. The number of carbonyl (C=O) groups excluding carboxylic acids is 1. The van der Waals surface area contributed by atoms with Crippen molar-refractivity contribution >= 4 is 28.4 Å². The van der Waals surface area contributed by atoms with Crippen LogP contribution in [0.3, 0.4) is 0 Å². The van der Waals surface area contributed by atoms with Crippen molar-refractivity contribution in [1.82, 2.24) is 29.0 Å². The van der Waals surface area contributed by atoms with Gasteiger partial charge in [-0.1, -0.05) is 6.07 Å². The fraction of sp³-hybridized carbons (Fsp3) is 0.391. The quantitative estimate of drug-likeness (QED) is 0.400. The number of alkyl halides is 4. The zero-order valence-corrected chi connectivity index (χ0v) is 19.0. The van der Waals surface area contributed by atoms with Gasteiger partial charge in [-0.05, 0) is 30.2 Å². The summed E-state index contributed by atoms with van der Waals surface area (Å²) in [7, 11) is 1.36. The summed E-state index contributed by atoms with van der Waals surface area (Å²) < 4.78 is 85.6. The molecular formula is C23H23F4N7O2. The molecule has 4 heterocycles. The number of piperidine rings is 1. The minimum Gasteiger partial charge on any atom is -0.479 e. The predicted octanol–water partition coefficient (Wildman–Crippen LogP) is 3.69. The van der Waals surface area contributed by atoms with Crippen molar-refractivity contribution in [1.29, 1.82) is 0 Å². The second kappa shape index (κ2) is 8.95. The number of fused-ring (bicyclic) bond motifs is 2. The van der Waals surface area contributed by atoms with Crippen LogP contribution in [0.5, 0.6) is 5.88 Å². The highest BCUT2D eigenvalue weighted by Gasteiger charge is 2.45. The Morgan fingerprint density at radius 2 is 2.19 bits per heavy atom. The molecule has 1 amide bonds. The number of rotatable bonds is 6. The van der Waals surface area contributed by atoms with E-state index in [9.17, 15) is 22.4 Å². The standard InChI is InChI=1S/C23H23F4N7O2/c1-13(35)32-7-6-18(23(26,27)11-32)29-22-30-21(36-2)20-15(5-8-34(20)31-22)14-3-4-16-17(9-14)33(12-28-16)10-19(24)25/h3-5,8-9,12,18-19H,6-7,10-11H2,1-2H3,(H,29,31)/t18-/m1/s1/i1D3. The summed E-state index contributed by atoms with van der Waals surface area (Å²) >= 11 is 0. The van der Waals surface area contributed by atoms with Crippen LogP contribution in [0.1, 0.15) is 17.4 Å². The molecule has 0 spiro atoms. The molecule has 1 fully saturated rings. The first-order valence-corrected chi connectivity index (χ1v) is 11.0. The Bertz CT molecular complexity index is 1540. The highest BCUT2D eigenvalue weighted by atomic mass is 19.3. The third-order valence-corrected chi connectivity index (χ3v) is 6.13. The molecule has 1 aromatic carbocycles. The number of anilines is 1. The Labute approximate surface area is 206 Å². The molecule has 3 aromatic heterocycles. The maximum atomic E-state index is 14.9. The smallest absolute Gasteiger partial charge is 0.285 e. The second-order valence-corrected chi connectivity index (χ2v) is 8.43. The van der Waals surface area contributed by atoms with Gasteiger partial charge in [-0.25, -0.2) is 27.1 Å². The van der Waals surface area contributed by atoms with E-state index in [-0.39, 0.29) is 24.8 Å². The van der Waals surface area contributed by atoms with E-state index < -0.39 is 44.2 Å². The molecule has 0 radical (unpaired) electrons.